The zero-order valence-corrected chi connectivity index (χ0v) is 6.26. The standard InChI is InChI=1S/C6H12N4/c1-5-3-6(4-8-7)9-10(5)2/h3,8H,4,7H2,1-2H3. The van der Waals surface area contributed by atoms with Crippen molar-refractivity contribution in [3.63, 3.8) is 0 Å². The Bertz CT molecular complexity index is 196. The van der Waals surface area contributed by atoms with E-state index in [1.54, 1.807) is 0 Å². The molecule has 1 heterocycles. The van der Waals surface area contributed by atoms with E-state index < -0.39 is 0 Å². The predicted molar refractivity (Wildman–Crippen MR) is 39.0 cm³/mol. The van der Waals surface area contributed by atoms with Crippen molar-refractivity contribution in [2.75, 3.05) is 0 Å². The Morgan fingerprint density at radius 3 is 2.90 bits per heavy atom. The van der Waals surface area contributed by atoms with Gasteiger partial charge in [0, 0.05) is 12.7 Å². The molecule has 0 spiro atoms. The van der Waals surface area contributed by atoms with Gasteiger partial charge in [0.05, 0.1) is 12.2 Å². The van der Waals surface area contributed by atoms with Crippen molar-refractivity contribution in [3.05, 3.63) is 17.5 Å². The van der Waals surface area contributed by atoms with Gasteiger partial charge in [0.25, 0.3) is 0 Å². The van der Waals surface area contributed by atoms with Crippen LogP contribution in [0, 0.1) is 6.92 Å². The van der Waals surface area contributed by atoms with Gasteiger partial charge in [-0.3, -0.25) is 16.0 Å². The van der Waals surface area contributed by atoms with E-state index in [2.05, 4.69) is 10.5 Å². The minimum Gasteiger partial charge on any atom is -0.273 e. The molecular formula is C6H12N4. The summed E-state index contributed by atoms with van der Waals surface area (Å²) in [7, 11) is 1.91. The molecule has 0 aliphatic carbocycles. The Morgan fingerprint density at radius 2 is 2.50 bits per heavy atom. The van der Waals surface area contributed by atoms with E-state index in [0.29, 0.717) is 6.54 Å². The Labute approximate surface area is 60.0 Å². The molecule has 1 aromatic heterocycles. The summed E-state index contributed by atoms with van der Waals surface area (Å²) in [5, 5.41) is 4.17. The van der Waals surface area contributed by atoms with E-state index in [-0.39, 0.29) is 0 Å². The van der Waals surface area contributed by atoms with Crippen molar-refractivity contribution in [1.82, 2.24) is 15.2 Å². The van der Waals surface area contributed by atoms with Gasteiger partial charge in [-0.1, -0.05) is 0 Å². The van der Waals surface area contributed by atoms with Gasteiger partial charge in [-0.05, 0) is 13.0 Å². The Hall–Kier alpha value is -0.870. The lowest BCUT2D eigenvalue weighted by Gasteiger charge is -1.91. The summed E-state index contributed by atoms with van der Waals surface area (Å²) in [6, 6.07) is 2.00. The van der Waals surface area contributed by atoms with Crippen LogP contribution >= 0.6 is 0 Å². The third kappa shape index (κ3) is 1.34. The van der Waals surface area contributed by atoms with Crippen LogP contribution in [-0.2, 0) is 13.6 Å². The third-order valence-electron chi connectivity index (χ3n) is 1.45. The number of aryl methyl sites for hydroxylation is 2. The van der Waals surface area contributed by atoms with Crippen molar-refractivity contribution in [1.29, 1.82) is 0 Å². The van der Waals surface area contributed by atoms with Gasteiger partial charge in [0.1, 0.15) is 0 Å². The third-order valence-corrected chi connectivity index (χ3v) is 1.45. The molecule has 56 valence electrons. The number of nitrogens with one attached hydrogen (secondary N) is 1. The molecule has 0 aromatic carbocycles. The number of nitrogens with zero attached hydrogens (tertiary/aromatic N) is 2. The molecule has 0 saturated carbocycles. The van der Waals surface area contributed by atoms with Crippen molar-refractivity contribution < 1.29 is 0 Å². The largest absolute Gasteiger partial charge is 0.273 e. The number of rotatable bonds is 2. The SMILES string of the molecule is Cc1cc(CNN)nn1C. The fraction of sp³-hybridized carbons (Fsp3) is 0.500. The van der Waals surface area contributed by atoms with Crippen molar-refractivity contribution in [2.24, 2.45) is 12.9 Å². The maximum Gasteiger partial charge on any atom is 0.0779 e. The van der Waals surface area contributed by atoms with Crippen LogP contribution in [0.3, 0.4) is 0 Å². The Balaban J connectivity index is 2.77. The molecule has 0 atom stereocenters. The van der Waals surface area contributed by atoms with Gasteiger partial charge >= 0.3 is 0 Å². The van der Waals surface area contributed by atoms with E-state index >= 15 is 0 Å². The second kappa shape index (κ2) is 2.81. The summed E-state index contributed by atoms with van der Waals surface area (Å²) in [6.45, 7) is 2.63. The zero-order valence-electron chi connectivity index (χ0n) is 6.26. The van der Waals surface area contributed by atoms with E-state index in [0.717, 1.165) is 11.4 Å². The summed E-state index contributed by atoms with van der Waals surface area (Å²) < 4.78 is 1.83. The molecule has 0 saturated heterocycles. The van der Waals surface area contributed by atoms with Crippen LogP contribution in [0.5, 0.6) is 0 Å². The average molecular weight is 140 g/mol. The minimum atomic E-state index is 0.627. The molecule has 0 fully saturated rings. The fourth-order valence-corrected chi connectivity index (χ4v) is 0.826. The van der Waals surface area contributed by atoms with Gasteiger partial charge < -0.3 is 0 Å². The molecule has 0 bridgehead atoms. The average Bonchev–Trinajstić information content (AvgIpc) is 2.14. The number of aromatic nitrogens is 2. The lowest BCUT2D eigenvalue weighted by atomic mass is 10.4. The molecule has 0 aliphatic rings. The van der Waals surface area contributed by atoms with Gasteiger partial charge in [-0.25, -0.2) is 0 Å². The zero-order chi connectivity index (χ0) is 7.56. The molecule has 4 nitrogen and oxygen atoms in total. The van der Waals surface area contributed by atoms with Crippen LogP contribution in [0.4, 0.5) is 0 Å². The van der Waals surface area contributed by atoms with Gasteiger partial charge in [0.2, 0.25) is 0 Å². The van der Waals surface area contributed by atoms with Gasteiger partial charge in [-0.2, -0.15) is 5.10 Å². The van der Waals surface area contributed by atoms with Crippen molar-refractivity contribution in [3.8, 4) is 0 Å². The summed E-state index contributed by atoms with van der Waals surface area (Å²) in [6.07, 6.45) is 0. The first-order chi connectivity index (χ1) is 4.74. The van der Waals surface area contributed by atoms with Crippen LogP contribution in [0.25, 0.3) is 0 Å². The molecule has 0 amide bonds. The molecule has 0 aliphatic heterocycles. The number of nitrogens with two attached hydrogens (primary N) is 1. The van der Waals surface area contributed by atoms with E-state index in [1.807, 2.05) is 24.7 Å². The maximum absolute atomic E-state index is 5.12. The molecule has 10 heavy (non-hydrogen) atoms. The molecule has 1 rings (SSSR count). The van der Waals surface area contributed by atoms with Crippen molar-refractivity contribution in [2.45, 2.75) is 13.5 Å². The quantitative estimate of drug-likeness (QED) is 0.437. The highest BCUT2D eigenvalue weighted by atomic mass is 15.3. The summed E-state index contributed by atoms with van der Waals surface area (Å²) in [5.74, 6) is 5.12. The van der Waals surface area contributed by atoms with E-state index in [9.17, 15) is 0 Å². The predicted octanol–water partition coefficient (Wildman–Crippen LogP) is -0.308. The van der Waals surface area contributed by atoms with Crippen LogP contribution < -0.4 is 11.3 Å². The molecule has 3 N–H and O–H groups in total. The fourth-order valence-electron chi connectivity index (χ4n) is 0.826. The second-order valence-electron chi connectivity index (χ2n) is 2.28. The highest BCUT2D eigenvalue weighted by molar-refractivity contribution is 5.07. The van der Waals surface area contributed by atoms with Crippen LogP contribution in [0.15, 0.2) is 6.07 Å². The lowest BCUT2D eigenvalue weighted by Crippen LogP contribution is -2.21. The van der Waals surface area contributed by atoms with E-state index in [4.69, 9.17) is 5.84 Å². The normalized spacial score (nSPS) is 10.3. The minimum absolute atomic E-state index is 0.627. The summed E-state index contributed by atoms with van der Waals surface area (Å²) in [5.41, 5.74) is 4.67. The molecular weight excluding hydrogens is 128 g/mol. The molecule has 0 radical (unpaired) electrons. The highest BCUT2D eigenvalue weighted by Gasteiger charge is 1.97. The van der Waals surface area contributed by atoms with Crippen LogP contribution in [0.1, 0.15) is 11.4 Å². The summed E-state index contributed by atoms with van der Waals surface area (Å²) in [4.78, 5) is 0. The molecule has 0 unspecified atom stereocenters. The van der Waals surface area contributed by atoms with Gasteiger partial charge in [-0.15, -0.1) is 0 Å². The first-order valence-electron chi connectivity index (χ1n) is 3.17. The Kier molecular flexibility index (Phi) is 2.03. The maximum atomic E-state index is 5.12. The van der Waals surface area contributed by atoms with Crippen molar-refractivity contribution >= 4 is 0 Å². The van der Waals surface area contributed by atoms with Crippen LogP contribution in [-0.4, -0.2) is 9.78 Å². The molecule has 4 heteroatoms. The monoisotopic (exact) mass is 140 g/mol. The van der Waals surface area contributed by atoms with Gasteiger partial charge in [0.15, 0.2) is 0 Å². The smallest absolute Gasteiger partial charge is 0.0779 e. The first kappa shape index (κ1) is 7.24. The first-order valence-corrected chi connectivity index (χ1v) is 3.17. The molecule has 1 aromatic rings. The number of hydrogen-bond acceptors (Lipinski definition) is 3. The Morgan fingerprint density at radius 1 is 1.80 bits per heavy atom. The number of hydrogen-bond donors (Lipinski definition) is 2. The second-order valence-corrected chi connectivity index (χ2v) is 2.28. The lowest BCUT2D eigenvalue weighted by molar-refractivity contribution is 0.676. The topological polar surface area (TPSA) is 55.9 Å². The van der Waals surface area contributed by atoms with E-state index in [1.165, 1.54) is 0 Å². The summed E-state index contributed by atoms with van der Waals surface area (Å²) >= 11 is 0. The van der Waals surface area contributed by atoms with Crippen LogP contribution in [0.2, 0.25) is 0 Å². The number of hydrazine groups is 1. The highest BCUT2D eigenvalue weighted by Crippen LogP contribution is 1.99.